The van der Waals surface area contributed by atoms with Crippen LogP contribution in [0.25, 0.3) is 10.9 Å². The summed E-state index contributed by atoms with van der Waals surface area (Å²) in [5.41, 5.74) is 1.33. The molecule has 0 saturated heterocycles. The third-order valence-corrected chi connectivity index (χ3v) is 4.66. The number of aromatic nitrogens is 1. The van der Waals surface area contributed by atoms with Gasteiger partial charge in [-0.2, -0.15) is 0 Å². The quantitative estimate of drug-likeness (QED) is 0.788. The van der Waals surface area contributed by atoms with Crippen molar-refractivity contribution >= 4 is 16.9 Å². The Morgan fingerprint density at radius 2 is 1.88 bits per heavy atom. The number of para-hydroxylation sites is 1. The number of nitrogens with zero attached hydrogens (tertiary/aromatic N) is 1. The van der Waals surface area contributed by atoms with E-state index >= 15 is 0 Å². The van der Waals surface area contributed by atoms with E-state index in [0.29, 0.717) is 12.5 Å². The van der Waals surface area contributed by atoms with E-state index in [1.54, 1.807) is 0 Å². The van der Waals surface area contributed by atoms with Gasteiger partial charge in [-0.05, 0) is 42.0 Å². The lowest BCUT2D eigenvalue weighted by molar-refractivity contribution is 0.0695. The highest BCUT2D eigenvalue weighted by molar-refractivity contribution is 5.92. The summed E-state index contributed by atoms with van der Waals surface area (Å²) in [4.78, 5) is 23.7. The van der Waals surface area contributed by atoms with Crippen LogP contribution in [0, 0.1) is 5.82 Å². The fourth-order valence-corrected chi connectivity index (χ4v) is 3.20. The number of pyridine rings is 1. The Morgan fingerprint density at radius 3 is 2.52 bits per heavy atom. The van der Waals surface area contributed by atoms with Gasteiger partial charge in [-0.1, -0.05) is 30.3 Å². The molecule has 0 spiro atoms. The largest absolute Gasteiger partial charge is 0.477 e. The molecule has 0 atom stereocenters. The molecule has 4 rings (SSSR count). The second-order valence-electron chi connectivity index (χ2n) is 6.46. The van der Waals surface area contributed by atoms with Crippen molar-refractivity contribution in [2.24, 2.45) is 0 Å². The summed E-state index contributed by atoms with van der Waals surface area (Å²) in [5, 5.41) is 9.36. The van der Waals surface area contributed by atoms with Crippen molar-refractivity contribution in [3.63, 3.8) is 0 Å². The van der Waals surface area contributed by atoms with Gasteiger partial charge in [0.25, 0.3) is 0 Å². The Bertz CT molecular complexity index is 1030. The van der Waals surface area contributed by atoms with Crippen molar-refractivity contribution < 1.29 is 14.3 Å². The maximum atomic E-state index is 14.3. The number of halogens is 1. The van der Waals surface area contributed by atoms with Crippen LogP contribution in [0.5, 0.6) is 0 Å². The van der Waals surface area contributed by atoms with Gasteiger partial charge in [-0.15, -0.1) is 0 Å². The number of carbonyl (C=O) groups is 1. The van der Waals surface area contributed by atoms with E-state index in [1.807, 2.05) is 12.1 Å². The zero-order chi connectivity index (χ0) is 17.6. The zero-order valence-electron chi connectivity index (χ0n) is 13.4. The molecule has 4 nitrogen and oxygen atoms in total. The van der Waals surface area contributed by atoms with Crippen LogP contribution in [0.4, 0.5) is 4.39 Å². The third kappa shape index (κ3) is 2.82. The van der Waals surface area contributed by atoms with Crippen molar-refractivity contribution in [1.29, 1.82) is 0 Å². The van der Waals surface area contributed by atoms with Gasteiger partial charge in [0.1, 0.15) is 11.4 Å². The van der Waals surface area contributed by atoms with E-state index < -0.39 is 17.2 Å². The average Bonchev–Trinajstić information content (AvgIpc) is 3.43. The smallest absolute Gasteiger partial charge is 0.341 e. The van der Waals surface area contributed by atoms with Crippen LogP contribution < -0.4 is 5.43 Å². The molecule has 1 N–H and O–H groups in total. The molecule has 0 bridgehead atoms. The molecule has 25 heavy (non-hydrogen) atoms. The molecule has 0 radical (unpaired) electrons. The first-order valence-corrected chi connectivity index (χ1v) is 8.18. The molecular formula is C20H16FNO3. The van der Waals surface area contributed by atoms with E-state index in [0.717, 1.165) is 5.56 Å². The maximum Gasteiger partial charge on any atom is 0.341 e. The Morgan fingerprint density at radius 1 is 1.16 bits per heavy atom. The Labute approximate surface area is 143 Å². The molecule has 1 aliphatic rings. The molecule has 1 heterocycles. The van der Waals surface area contributed by atoms with Gasteiger partial charge < -0.3 is 9.67 Å². The average molecular weight is 337 g/mol. The monoisotopic (exact) mass is 337 g/mol. The van der Waals surface area contributed by atoms with Gasteiger partial charge in [0.15, 0.2) is 0 Å². The summed E-state index contributed by atoms with van der Waals surface area (Å²) in [7, 11) is 0. The third-order valence-electron chi connectivity index (χ3n) is 4.66. The fourth-order valence-electron chi connectivity index (χ4n) is 3.20. The standard InChI is InChI=1S/C20H16FNO3/c21-17-3-1-2-15-18(17)22(11-16(19(15)23)20(24)25)10-12-4-6-13(7-5-12)14-8-9-14/h1-7,11,14H,8-10H2,(H,24,25). The fraction of sp³-hybridized carbons (Fsp3) is 0.200. The summed E-state index contributed by atoms with van der Waals surface area (Å²) in [6, 6.07) is 12.2. The molecule has 0 aliphatic heterocycles. The predicted molar refractivity (Wildman–Crippen MR) is 92.6 cm³/mol. The van der Waals surface area contributed by atoms with Crippen LogP contribution in [0.1, 0.15) is 40.2 Å². The van der Waals surface area contributed by atoms with Crippen molar-refractivity contribution in [3.05, 3.63) is 81.4 Å². The van der Waals surface area contributed by atoms with Gasteiger partial charge in [0.05, 0.1) is 5.52 Å². The number of rotatable bonds is 4. The number of fused-ring (bicyclic) bond motifs is 1. The Hall–Kier alpha value is -2.95. The molecule has 1 fully saturated rings. The molecule has 1 saturated carbocycles. The van der Waals surface area contributed by atoms with Crippen LogP contribution >= 0.6 is 0 Å². The number of carboxylic acid groups (broad SMARTS) is 1. The number of hydrogen-bond donors (Lipinski definition) is 1. The van der Waals surface area contributed by atoms with Crippen molar-refractivity contribution in [3.8, 4) is 0 Å². The lowest BCUT2D eigenvalue weighted by Gasteiger charge is -2.13. The van der Waals surface area contributed by atoms with Crippen LogP contribution in [-0.2, 0) is 6.54 Å². The van der Waals surface area contributed by atoms with Crippen molar-refractivity contribution in [1.82, 2.24) is 4.57 Å². The summed E-state index contributed by atoms with van der Waals surface area (Å²) >= 11 is 0. The van der Waals surface area contributed by atoms with E-state index in [-0.39, 0.29) is 16.5 Å². The Kier molecular flexibility index (Phi) is 3.64. The van der Waals surface area contributed by atoms with Crippen LogP contribution in [0.15, 0.2) is 53.5 Å². The second kappa shape index (κ2) is 5.84. The van der Waals surface area contributed by atoms with Crippen molar-refractivity contribution in [2.45, 2.75) is 25.3 Å². The van der Waals surface area contributed by atoms with Crippen LogP contribution in [0.2, 0.25) is 0 Å². The SMILES string of the molecule is O=C(O)c1cn(Cc2ccc(C3CC3)cc2)c2c(F)cccc2c1=O. The summed E-state index contributed by atoms with van der Waals surface area (Å²) in [6.07, 6.45) is 3.67. The number of aromatic carboxylic acids is 1. The molecule has 1 aliphatic carbocycles. The van der Waals surface area contributed by atoms with Gasteiger partial charge in [-0.25, -0.2) is 9.18 Å². The van der Waals surface area contributed by atoms with Crippen LogP contribution in [0.3, 0.4) is 0 Å². The van der Waals surface area contributed by atoms with E-state index in [9.17, 15) is 19.1 Å². The lowest BCUT2D eigenvalue weighted by Crippen LogP contribution is -2.20. The van der Waals surface area contributed by atoms with E-state index in [1.165, 1.54) is 47.4 Å². The predicted octanol–water partition coefficient (Wildman–Crippen LogP) is 3.76. The highest BCUT2D eigenvalue weighted by Gasteiger charge is 2.23. The molecule has 1 aromatic heterocycles. The van der Waals surface area contributed by atoms with Gasteiger partial charge in [-0.3, -0.25) is 4.79 Å². The molecule has 126 valence electrons. The molecule has 0 amide bonds. The van der Waals surface area contributed by atoms with Gasteiger partial charge in [0, 0.05) is 18.1 Å². The minimum atomic E-state index is -1.31. The topological polar surface area (TPSA) is 59.3 Å². The molecule has 5 heteroatoms. The second-order valence-corrected chi connectivity index (χ2v) is 6.46. The number of carboxylic acids is 1. The first-order valence-electron chi connectivity index (χ1n) is 8.18. The zero-order valence-corrected chi connectivity index (χ0v) is 13.4. The molecule has 3 aromatic rings. The minimum Gasteiger partial charge on any atom is -0.477 e. The minimum absolute atomic E-state index is 0.0782. The van der Waals surface area contributed by atoms with Gasteiger partial charge >= 0.3 is 5.97 Å². The maximum absolute atomic E-state index is 14.3. The lowest BCUT2D eigenvalue weighted by atomic mass is 10.1. The summed E-state index contributed by atoms with van der Waals surface area (Å²) in [6.45, 7) is 0.295. The Balaban J connectivity index is 1.83. The number of benzene rings is 2. The molecule has 2 aromatic carbocycles. The number of hydrogen-bond acceptors (Lipinski definition) is 2. The first-order chi connectivity index (χ1) is 12.0. The van der Waals surface area contributed by atoms with E-state index in [4.69, 9.17) is 0 Å². The molecule has 0 unspecified atom stereocenters. The van der Waals surface area contributed by atoms with Crippen LogP contribution in [-0.4, -0.2) is 15.6 Å². The molecular weight excluding hydrogens is 321 g/mol. The van der Waals surface area contributed by atoms with Crippen molar-refractivity contribution in [2.75, 3.05) is 0 Å². The highest BCUT2D eigenvalue weighted by Crippen LogP contribution is 2.39. The first kappa shape index (κ1) is 15.6. The highest BCUT2D eigenvalue weighted by atomic mass is 19.1. The summed E-state index contributed by atoms with van der Waals surface area (Å²) < 4.78 is 15.8. The summed E-state index contributed by atoms with van der Waals surface area (Å²) in [5.74, 6) is -1.20. The normalized spacial score (nSPS) is 14.0. The van der Waals surface area contributed by atoms with Gasteiger partial charge in [0.2, 0.25) is 5.43 Å². The van der Waals surface area contributed by atoms with E-state index in [2.05, 4.69) is 12.1 Å².